The van der Waals surface area contributed by atoms with Crippen LogP contribution in [0.1, 0.15) is 71.1 Å². The Bertz CT molecular complexity index is 1370. The van der Waals surface area contributed by atoms with Crippen LogP contribution in [0.15, 0.2) is 36.5 Å². The minimum absolute atomic E-state index is 0.108. The number of ether oxygens (including phenoxy) is 1. The van der Waals surface area contributed by atoms with Gasteiger partial charge >= 0.3 is 5.97 Å². The Hall–Kier alpha value is -4.08. The Labute approximate surface area is 213 Å². The van der Waals surface area contributed by atoms with Crippen molar-refractivity contribution in [3.8, 4) is 5.75 Å². The maximum absolute atomic E-state index is 13.1. The van der Waals surface area contributed by atoms with Crippen LogP contribution in [0.25, 0.3) is 5.65 Å². The minimum Gasteiger partial charge on any atom is -0.426 e. The van der Waals surface area contributed by atoms with E-state index in [0.29, 0.717) is 36.1 Å². The number of amides is 2. The lowest BCUT2D eigenvalue weighted by atomic mass is 9.79. The number of hydrogen-bond acceptors (Lipinski definition) is 7. The Morgan fingerprint density at radius 2 is 1.86 bits per heavy atom. The summed E-state index contributed by atoms with van der Waals surface area (Å²) in [6.07, 6.45) is 5.86. The van der Waals surface area contributed by atoms with Crippen molar-refractivity contribution in [3.05, 3.63) is 59.0 Å². The molecular formula is C27H29N5O5. The first-order chi connectivity index (χ1) is 17.9. The molecule has 1 aromatic carbocycles. The lowest BCUT2D eigenvalue weighted by Gasteiger charge is -2.27. The lowest BCUT2D eigenvalue weighted by Crippen LogP contribution is -2.34. The van der Waals surface area contributed by atoms with Gasteiger partial charge in [-0.15, -0.1) is 0 Å². The number of benzene rings is 1. The zero-order chi connectivity index (χ0) is 25.9. The average molecular weight is 504 g/mol. The van der Waals surface area contributed by atoms with E-state index >= 15 is 0 Å². The van der Waals surface area contributed by atoms with Crippen LogP contribution in [0.4, 0.5) is 0 Å². The lowest BCUT2D eigenvalue weighted by molar-refractivity contribution is -0.131. The molecule has 0 bridgehead atoms. The molecule has 1 aliphatic carbocycles. The van der Waals surface area contributed by atoms with E-state index in [9.17, 15) is 19.2 Å². The standard InChI is InChI=1S/C27H29N5O5/c1-2-22(33)18-6-3-16(4-7-18)14-29-27(36)21-13-20(31-24-9-10-30-32(21)24)26(35)28-15-17-5-8-23-19(11-17)12-25(34)37-23/h5,8-11,13,16,18H,2-4,6-7,12,14-15H2,1H3,(H,28,35)(H,29,36). The number of nitrogens with zero attached hydrogens (tertiary/aromatic N) is 3. The van der Waals surface area contributed by atoms with Crippen LogP contribution in [-0.4, -0.2) is 44.7 Å². The van der Waals surface area contributed by atoms with Gasteiger partial charge in [0.2, 0.25) is 0 Å². The number of ketones is 1. The van der Waals surface area contributed by atoms with E-state index in [1.807, 2.05) is 13.0 Å². The Balaban J connectivity index is 1.23. The van der Waals surface area contributed by atoms with Crippen LogP contribution in [0.2, 0.25) is 0 Å². The number of nitrogens with one attached hydrogen (secondary N) is 2. The first-order valence-corrected chi connectivity index (χ1v) is 12.7. The highest BCUT2D eigenvalue weighted by atomic mass is 16.5. The van der Waals surface area contributed by atoms with Gasteiger partial charge in [-0.25, -0.2) is 9.50 Å². The number of rotatable bonds is 8. The summed E-state index contributed by atoms with van der Waals surface area (Å²) in [5.74, 6) is 0.284. The molecule has 0 saturated heterocycles. The van der Waals surface area contributed by atoms with Crippen molar-refractivity contribution in [3.63, 3.8) is 0 Å². The van der Waals surface area contributed by atoms with Crippen molar-refractivity contribution >= 4 is 29.2 Å². The molecule has 5 rings (SSSR count). The molecule has 1 aliphatic heterocycles. The molecule has 10 heteroatoms. The van der Waals surface area contributed by atoms with E-state index in [2.05, 4.69) is 20.7 Å². The number of aromatic nitrogens is 3. The summed E-state index contributed by atoms with van der Waals surface area (Å²) in [6, 6.07) is 8.41. The molecule has 3 heterocycles. The number of fused-ring (bicyclic) bond motifs is 2. The van der Waals surface area contributed by atoms with Gasteiger partial charge in [0.1, 0.15) is 22.9 Å². The van der Waals surface area contributed by atoms with Crippen LogP contribution in [0.3, 0.4) is 0 Å². The normalized spacial score (nSPS) is 18.8. The maximum Gasteiger partial charge on any atom is 0.315 e. The molecule has 10 nitrogen and oxygen atoms in total. The first-order valence-electron chi connectivity index (χ1n) is 12.7. The highest BCUT2D eigenvalue weighted by Crippen LogP contribution is 2.30. The largest absolute Gasteiger partial charge is 0.426 e. The highest BCUT2D eigenvalue weighted by molar-refractivity contribution is 5.98. The third-order valence-corrected chi connectivity index (χ3v) is 7.16. The van der Waals surface area contributed by atoms with Crippen LogP contribution >= 0.6 is 0 Å². The van der Waals surface area contributed by atoms with Gasteiger partial charge in [-0.3, -0.25) is 19.2 Å². The highest BCUT2D eigenvalue weighted by Gasteiger charge is 2.26. The predicted molar refractivity (Wildman–Crippen MR) is 133 cm³/mol. The summed E-state index contributed by atoms with van der Waals surface area (Å²) in [4.78, 5) is 53.8. The second-order valence-corrected chi connectivity index (χ2v) is 9.65. The van der Waals surface area contributed by atoms with E-state index in [0.717, 1.165) is 36.8 Å². The van der Waals surface area contributed by atoms with E-state index in [-0.39, 0.29) is 42.1 Å². The van der Waals surface area contributed by atoms with Crippen LogP contribution < -0.4 is 15.4 Å². The van der Waals surface area contributed by atoms with Gasteiger partial charge in [0.15, 0.2) is 5.65 Å². The molecule has 2 aromatic heterocycles. The fraction of sp³-hybridized carbons (Fsp3) is 0.407. The van der Waals surface area contributed by atoms with Crippen molar-refractivity contribution in [1.82, 2.24) is 25.2 Å². The fourth-order valence-electron chi connectivity index (χ4n) is 5.06. The number of carbonyl (C=O) groups excluding carboxylic acids is 4. The van der Waals surface area contributed by atoms with Crippen molar-refractivity contribution in [2.24, 2.45) is 11.8 Å². The van der Waals surface area contributed by atoms with E-state index in [1.165, 1.54) is 16.8 Å². The summed E-state index contributed by atoms with van der Waals surface area (Å²) in [5.41, 5.74) is 2.34. The zero-order valence-electron chi connectivity index (χ0n) is 20.7. The molecule has 0 atom stereocenters. The Morgan fingerprint density at radius 3 is 2.65 bits per heavy atom. The SMILES string of the molecule is CCC(=O)C1CCC(CNC(=O)c2cc(C(=O)NCc3ccc4c(c3)CC(=O)O4)nc3ccnn23)CC1. The number of carbonyl (C=O) groups is 4. The Morgan fingerprint density at radius 1 is 1.05 bits per heavy atom. The van der Waals surface area contributed by atoms with Crippen LogP contribution in [-0.2, 0) is 22.6 Å². The molecule has 3 aromatic rings. The minimum atomic E-state index is -0.426. The Kier molecular flexibility index (Phi) is 6.98. The van der Waals surface area contributed by atoms with Gasteiger partial charge in [0.05, 0.1) is 12.6 Å². The van der Waals surface area contributed by atoms with Crippen LogP contribution in [0, 0.1) is 11.8 Å². The first kappa shape index (κ1) is 24.6. The molecule has 1 fully saturated rings. The van der Waals surface area contributed by atoms with Gasteiger partial charge in [-0.2, -0.15) is 5.10 Å². The second kappa shape index (κ2) is 10.5. The van der Waals surface area contributed by atoms with Crippen LogP contribution in [0.5, 0.6) is 5.75 Å². The molecule has 0 spiro atoms. The number of hydrogen-bond donors (Lipinski definition) is 2. The average Bonchev–Trinajstić information content (AvgIpc) is 3.54. The zero-order valence-corrected chi connectivity index (χ0v) is 20.7. The summed E-state index contributed by atoms with van der Waals surface area (Å²) < 4.78 is 6.52. The van der Waals surface area contributed by atoms with Crippen molar-refractivity contribution in [2.45, 2.75) is 52.0 Å². The quantitative estimate of drug-likeness (QED) is 0.357. The third kappa shape index (κ3) is 5.37. The van der Waals surface area contributed by atoms with Gasteiger partial charge in [-0.05, 0) is 49.3 Å². The van der Waals surface area contributed by atoms with Crippen molar-refractivity contribution < 1.29 is 23.9 Å². The monoisotopic (exact) mass is 503 g/mol. The predicted octanol–water partition coefficient (Wildman–Crippen LogP) is 2.64. The van der Waals surface area contributed by atoms with Crippen molar-refractivity contribution in [1.29, 1.82) is 0 Å². The maximum atomic E-state index is 13.1. The van der Waals surface area contributed by atoms with Gasteiger partial charge in [-0.1, -0.05) is 13.0 Å². The van der Waals surface area contributed by atoms with E-state index < -0.39 is 5.91 Å². The van der Waals surface area contributed by atoms with Gasteiger partial charge in [0.25, 0.3) is 11.8 Å². The summed E-state index contributed by atoms with van der Waals surface area (Å²) >= 11 is 0. The molecule has 192 valence electrons. The van der Waals surface area contributed by atoms with E-state index in [1.54, 1.807) is 18.2 Å². The molecule has 2 amide bonds. The van der Waals surface area contributed by atoms with Gasteiger partial charge in [0, 0.05) is 43.1 Å². The summed E-state index contributed by atoms with van der Waals surface area (Å²) in [6.45, 7) is 2.64. The molecular weight excluding hydrogens is 474 g/mol. The fourth-order valence-corrected chi connectivity index (χ4v) is 5.06. The van der Waals surface area contributed by atoms with Crippen molar-refractivity contribution in [2.75, 3.05) is 6.54 Å². The molecule has 2 N–H and O–H groups in total. The molecule has 37 heavy (non-hydrogen) atoms. The van der Waals surface area contributed by atoms with E-state index in [4.69, 9.17) is 4.74 Å². The molecule has 2 aliphatic rings. The summed E-state index contributed by atoms with van der Waals surface area (Å²) in [7, 11) is 0. The molecule has 0 unspecified atom stereocenters. The summed E-state index contributed by atoms with van der Waals surface area (Å²) in [5, 5.41) is 9.99. The third-order valence-electron chi connectivity index (χ3n) is 7.16. The molecule has 1 saturated carbocycles. The molecule has 0 radical (unpaired) electrons. The topological polar surface area (TPSA) is 132 Å². The number of Topliss-reactive ketones (excluding diaryl/α,β-unsaturated/α-hetero) is 1. The number of esters is 1. The smallest absolute Gasteiger partial charge is 0.315 e. The van der Waals surface area contributed by atoms with Gasteiger partial charge < -0.3 is 15.4 Å². The second-order valence-electron chi connectivity index (χ2n) is 9.65.